The topological polar surface area (TPSA) is 15.3 Å². The van der Waals surface area contributed by atoms with Gasteiger partial charge in [0.2, 0.25) is 0 Å². The minimum atomic E-state index is 0.440. The van der Waals surface area contributed by atoms with Crippen molar-refractivity contribution < 1.29 is 0 Å². The average molecular weight is 240 g/mol. The van der Waals surface area contributed by atoms with Crippen molar-refractivity contribution in [1.82, 2.24) is 10.2 Å². The number of hydrogen-bond acceptors (Lipinski definition) is 2. The first kappa shape index (κ1) is 11.4. The van der Waals surface area contributed by atoms with Crippen molar-refractivity contribution >= 4 is 0 Å². The van der Waals surface area contributed by atoms with Gasteiger partial charge in [-0.05, 0) is 30.5 Å². The molecule has 2 heteroatoms. The third-order valence-electron chi connectivity index (χ3n) is 4.13. The molecule has 0 radical (unpaired) electrons. The Morgan fingerprint density at radius 3 is 2.83 bits per heavy atom. The first-order valence-corrected chi connectivity index (χ1v) is 6.66. The molecule has 3 unspecified atom stereocenters. The van der Waals surface area contributed by atoms with Crippen LogP contribution in [0.3, 0.4) is 0 Å². The van der Waals surface area contributed by atoms with Gasteiger partial charge in [-0.15, -0.1) is 0 Å². The number of rotatable bonds is 5. The number of nitrogens with zero attached hydrogens (tertiary/aromatic N) is 1. The van der Waals surface area contributed by atoms with Gasteiger partial charge in [0.1, 0.15) is 0 Å². The molecule has 0 bridgehead atoms. The van der Waals surface area contributed by atoms with Crippen molar-refractivity contribution in [2.75, 3.05) is 0 Å². The largest absolute Gasteiger partial charge is 0.383 e. The molecule has 2 aliphatic rings. The zero-order chi connectivity index (χ0) is 12.5. The lowest BCUT2D eigenvalue weighted by Gasteiger charge is -2.28. The number of piperidine rings is 1. The van der Waals surface area contributed by atoms with Gasteiger partial charge in [-0.3, -0.25) is 0 Å². The summed E-state index contributed by atoms with van der Waals surface area (Å²) in [5.41, 5.74) is 2.43. The van der Waals surface area contributed by atoms with Crippen LogP contribution in [0.2, 0.25) is 0 Å². The van der Waals surface area contributed by atoms with E-state index in [-0.39, 0.29) is 0 Å². The standard InChI is InChI=1S/C16H20N2/c1-3-18-15(9-14-10-16(14)18)12(2)17-11-13-7-5-4-6-8-13/h3-8,14-17H,1-2,9-11H2. The van der Waals surface area contributed by atoms with Crippen molar-refractivity contribution in [3.8, 4) is 0 Å². The SMILES string of the molecule is C=CN1C(C(=C)NCc2ccccc2)CC2CC21. The Kier molecular flexibility index (Phi) is 2.86. The van der Waals surface area contributed by atoms with Crippen LogP contribution in [-0.2, 0) is 6.54 Å². The second-order valence-corrected chi connectivity index (χ2v) is 5.31. The van der Waals surface area contributed by atoms with Gasteiger partial charge in [-0.2, -0.15) is 0 Å². The van der Waals surface area contributed by atoms with Crippen LogP contribution >= 0.6 is 0 Å². The molecule has 94 valence electrons. The van der Waals surface area contributed by atoms with Crippen LogP contribution in [-0.4, -0.2) is 17.0 Å². The van der Waals surface area contributed by atoms with Gasteiger partial charge in [0, 0.05) is 18.3 Å². The van der Waals surface area contributed by atoms with Crippen molar-refractivity contribution in [2.45, 2.75) is 31.5 Å². The van der Waals surface area contributed by atoms with Crippen LogP contribution in [0.1, 0.15) is 18.4 Å². The summed E-state index contributed by atoms with van der Waals surface area (Å²) in [4.78, 5) is 2.38. The number of fused-ring (bicyclic) bond motifs is 1. The Morgan fingerprint density at radius 1 is 1.33 bits per heavy atom. The molecule has 1 heterocycles. The van der Waals surface area contributed by atoms with Gasteiger partial charge in [-0.1, -0.05) is 43.5 Å². The summed E-state index contributed by atoms with van der Waals surface area (Å²) in [5.74, 6) is 0.878. The van der Waals surface area contributed by atoms with Gasteiger partial charge in [0.05, 0.1) is 6.04 Å². The Hall–Kier alpha value is -1.70. The summed E-state index contributed by atoms with van der Waals surface area (Å²) in [6.07, 6.45) is 4.56. The number of benzene rings is 1. The fraction of sp³-hybridized carbons (Fsp3) is 0.375. The summed E-state index contributed by atoms with van der Waals surface area (Å²) < 4.78 is 0. The highest BCUT2D eigenvalue weighted by atomic mass is 15.3. The van der Waals surface area contributed by atoms with Crippen LogP contribution in [0, 0.1) is 5.92 Å². The molecule has 1 saturated carbocycles. The molecule has 0 aromatic heterocycles. The molecular weight excluding hydrogens is 220 g/mol. The number of hydrogen-bond donors (Lipinski definition) is 1. The minimum absolute atomic E-state index is 0.440. The van der Waals surface area contributed by atoms with Crippen molar-refractivity contribution in [1.29, 1.82) is 0 Å². The summed E-state index contributed by atoms with van der Waals surface area (Å²) in [5, 5.41) is 3.46. The molecule has 18 heavy (non-hydrogen) atoms. The Labute approximate surface area is 109 Å². The molecule has 3 atom stereocenters. The molecule has 3 rings (SSSR count). The monoisotopic (exact) mass is 240 g/mol. The van der Waals surface area contributed by atoms with Crippen LogP contribution in [0.5, 0.6) is 0 Å². The molecular formula is C16H20N2. The van der Waals surface area contributed by atoms with E-state index in [2.05, 4.69) is 47.6 Å². The fourth-order valence-corrected chi connectivity index (χ4v) is 3.00. The molecule has 2 nitrogen and oxygen atoms in total. The lowest BCUT2D eigenvalue weighted by molar-refractivity contribution is 0.328. The second kappa shape index (κ2) is 4.52. The molecule has 1 aliphatic carbocycles. The lowest BCUT2D eigenvalue weighted by Crippen LogP contribution is -2.34. The van der Waals surface area contributed by atoms with Crippen LogP contribution < -0.4 is 5.32 Å². The van der Waals surface area contributed by atoms with E-state index in [0.717, 1.165) is 24.2 Å². The molecule has 0 spiro atoms. The fourth-order valence-electron chi connectivity index (χ4n) is 3.00. The summed E-state index contributed by atoms with van der Waals surface area (Å²) >= 11 is 0. The van der Waals surface area contributed by atoms with Gasteiger partial charge >= 0.3 is 0 Å². The Morgan fingerprint density at radius 2 is 2.11 bits per heavy atom. The van der Waals surface area contributed by atoms with E-state index in [9.17, 15) is 0 Å². The maximum absolute atomic E-state index is 4.20. The van der Waals surface area contributed by atoms with Gasteiger partial charge in [0.25, 0.3) is 0 Å². The average Bonchev–Trinajstić information content (AvgIpc) is 3.09. The first-order valence-electron chi connectivity index (χ1n) is 6.66. The zero-order valence-electron chi connectivity index (χ0n) is 10.7. The van der Waals surface area contributed by atoms with Crippen LogP contribution in [0.15, 0.2) is 55.4 Å². The maximum Gasteiger partial charge on any atom is 0.0683 e. The number of likely N-dealkylation sites (tertiary alicyclic amines) is 1. The molecule has 0 amide bonds. The van der Waals surface area contributed by atoms with Crippen molar-refractivity contribution in [3.63, 3.8) is 0 Å². The van der Waals surface area contributed by atoms with Crippen molar-refractivity contribution in [2.24, 2.45) is 5.92 Å². The predicted molar refractivity (Wildman–Crippen MR) is 74.8 cm³/mol. The maximum atomic E-state index is 4.20. The Bertz CT molecular complexity index is 451. The van der Waals surface area contributed by atoms with E-state index in [0.29, 0.717) is 6.04 Å². The van der Waals surface area contributed by atoms with E-state index in [1.54, 1.807) is 0 Å². The molecule has 1 saturated heterocycles. The first-order chi connectivity index (χ1) is 8.79. The van der Waals surface area contributed by atoms with E-state index >= 15 is 0 Å². The molecule has 1 aromatic rings. The van der Waals surface area contributed by atoms with Crippen LogP contribution in [0.25, 0.3) is 0 Å². The van der Waals surface area contributed by atoms with Crippen LogP contribution in [0.4, 0.5) is 0 Å². The van der Waals surface area contributed by atoms with E-state index in [1.165, 1.54) is 18.4 Å². The minimum Gasteiger partial charge on any atom is -0.383 e. The highest BCUT2D eigenvalue weighted by Gasteiger charge is 2.51. The third-order valence-corrected chi connectivity index (χ3v) is 4.13. The Balaban J connectivity index is 1.57. The van der Waals surface area contributed by atoms with Gasteiger partial charge in [0.15, 0.2) is 0 Å². The quantitative estimate of drug-likeness (QED) is 0.851. The summed E-state index contributed by atoms with van der Waals surface area (Å²) in [7, 11) is 0. The number of nitrogens with one attached hydrogen (secondary N) is 1. The summed E-state index contributed by atoms with van der Waals surface area (Å²) in [6.45, 7) is 8.99. The highest BCUT2D eigenvalue weighted by molar-refractivity contribution is 5.20. The van der Waals surface area contributed by atoms with Gasteiger partial charge < -0.3 is 10.2 Å². The van der Waals surface area contributed by atoms with Gasteiger partial charge in [-0.25, -0.2) is 0 Å². The lowest BCUT2D eigenvalue weighted by atomic mass is 10.1. The molecule has 1 N–H and O–H groups in total. The molecule has 1 aliphatic heterocycles. The normalized spacial score (nSPS) is 28.7. The summed E-state index contributed by atoms with van der Waals surface area (Å²) in [6, 6.07) is 11.6. The second-order valence-electron chi connectivity index (χ2n) is 5.31. The third kappa shape index (κ3) is 2.03. The zero-order valence-corrected chi connectivity index (χ0v) is 10.7. The van der Waals surface area contributed by atoms with Crippen molar-refractivity contribution in [3.05, 3.63) is 61.0 Å². The van der Waals surface area contributed by atoms with E-state index < -0.39 is 0 Å². The molecule has 1 aromatic carbocycles. The smallest absolute Gasteiger partial charge is 0.0683 e. The van der Waals surface area contributed by atoms with E-state index in [1.807, 2.05) is 12.3 Å². The predicted octanol–water partition coefficient (Wildman–Crippen LogP) is 2.90. The highest BCUT2D eigenvalue weighted by Crippen LogP contribution is 2.49. The van der Waals surface area contributed by atoms with E-state index in [4.69, 9.17) is 0 Å². The molecule has 2 fully saturated rings.